The summed E-state index contributed by atoms with van der Waals surface area (Å²) in [6, 6.07) is 4.29. The van der Waals surface area contributed by atoms with Gasteiger partial charge in [0.2, 0.25) is 5.91 Å². The third kappa shape index (κ3) is 5.04. The van der Waals surface area contributed by atoms with Crippen LogP contribution in [-0.4, -0.2) is 19.0 Å². The molecule has 0 atom stereocenters. The van der Waals surface area contributed by atoms with Gasteiger partial charge in [-0.25, -0.2) is 4.39 Å². The molecule has 5 heteroatoms. The van der Waals surface area contributed by atoms with Gasteiger partial charge in [-0.05, 0) is 24.6 Å². The fraction of sp³-hybridized carbons (Fsp3) is 0.417. The Morgan fingerprint density at radius 1 is 1.47 bits per heavy atom. The monoisotopic (exact) mass is 258 g/mol. The first-order chi connectivity index (χ1) is 8.13. The van der Waals surface area contributed by atoms with Crippen LogP contribution < -0.4 is 10.6 Å². The van der Waals surface area contributed by atoms with E-state index >= 15 is 0 Å². The smallest absolute Gasteiger partial charge is 0.239 e. The highest BCUT2D eigenvalue weighted by Gasteiger charge is 2.04. The third-order valence-electron chi connectivity index (χ3n) is 2.22. The topological polar surface area (TPSA) is 41.1 Å². The molecule has 0 heterocycles. The van der Waals surface area contributed by atoms with Crippen molar-refractivity contribution in [1.29, 1.82) is 0 Å². The number of rotatable bonds is 6. The minimum atomic E-state index is -0.459. The van der Waals surface area contributed by atoms with Gasteiger partial charge in [-0.1, -0.05) is 24.9 Å². The maximum Gasteiger partial charge on any atom is 0.239 e. The van der Waals surface area contributed by atoms with E-state index in [0.717, 1.165) is 12.8 Å². The number of benzene rings is 1. The molecule has 0 saturated carbocycles. The molecular formula is C12H16ClFN2O. The second-order valence-corrected chi connectivity index (χ2v) is 4.12. The van der Waals surface area contributed by atoms with E-state index in [9.17, 15) is 9.18 Å². The van der Waals surface area contributed by atoms with E-state index in [0.29, 0.717) is 11.6 Å². The number of carbonyl (C=O) groups is 1. The largest absolute Gasteiger partial charge is 0.374 e. The van der Waals surface area contributed by atoms with Crippen molar-refractivity contribution >= 4 is 23.2 Å². The molecule has 0 aromatic heterocycles. The summed E-state index contributed by atoms with van der Waals surface area (Å²) in [5.74, 6) is -0.605. The van der Waals surface area contributed by atoms with E-state index in [1.807, 2.05) is 6.92 Å². The Hall–Kier alpha value is -1.29. The number of hydrogen-bond donors (Lipinski definition) is 2. The summed E-state index contributed by atoms with van der Waals surface area (Å²) in [5.41, 5.74) is 0.278. The molecule has 0 radical (unpaired) electrons. The Kier molecular flexibility index (Phi) is 5.77. The molecule has 1 rings (SSSR count). The van der Waals surface area contributed by atoms with Gasteiger partial charge < -0.3 is 10.6 Å². The summed E-state index contributed by atoms with van der Waals surface area (Å²) >= 11 is 5.62. The summed E-state index contributed by atoms with van der Waals surface area (Å²) in [5, 5.41) is 5.79. The van der Waals surface area contributed by atoms with Crippen molar-refractivity contribution in [3.05, 3.63) is 29.0 Å². The second kappa shape index (κ2) is 7.12. The van der Waals surface area contributed by atoms with Crippen molar-refractivity contribution < 1.29 is 9.18 Å². The quantitative estimate of drug-likeness (QED) is 0.771. The summed E-state index contributed by atoms with van der Waals surface area (Å²) < 4.78 is 13.3. The average molecular weight is 259 g/mol. The zero-order chi connectivity index (χ0) is 12.7. The van der Waals surface area contributed by atoms with Crippen molar-refractivity contribution in [3.63, 3.8) is 0 Å². The number of nitrogens with one attached hydrogen (secondary N) is 2. The van der Waals surface area contributed by atoms with E-state index in [2.05, 4.69) is 10.6 Å². The van der Waals surface area contributed by atoms with Crippen LogP contribution in [0.1, 0.15) is 19.8 Å². The van der Waals surface area contributed by atoms with Crippen LogP contribution >= 0.6 is 11.6 Å². The number of carbonyl (C=O) groups excluding carboxylic acids is 1. The molecular weight excluding hydrogens is 243 g/mol. The fourth-order valence-electron chi connectivity index (χ4n) is 1.28. The van der Waals surface area contributed by atoms with Gasteiger partial charge in [0.1, 0.15) is 5.82 Å². The number of hydrogen-bond acceptors (Lipinski definition) is 2. The zero-order valence-electron chi connectivity index (χ0n) is 9.72. The van der Waals surface area contributed by atoms with Crippen molar-refractivity contribution in [2.24, 2.45) is 0 Å². The maximum absolute atomic E-state index is 13.3. The molecule has 0 saturated heterocycles. The molecule has 0 bridgehead atoms. The lowest BCUT2D eigenvalue weighted by molar-refractivity contribution is -0.119. The highest BCUT2D eigenvalue weighted by molar-refractivity contribution is 6.30. The molecule has 94 valence electrons. The van der Waals surface area contributed by atoms with Gasteiger partial charge in [0.15, 0.2) is 0 Å². The Morgan fingerprint density at radius 2 is 2.24 bits per heavy atom. The molecule has 1 amide bonds. The van der Waals surface area contributed by atoms with Gasteiger partial charge in [-0.3, -0.25) is 4.79 Å². The zero-order valence-corrected chi connectivity index (χ0v) is 10.5. The first-order valence-corrected chi connectivity index (χ1v) is 5.97. The van der Waals surface area contributed by atoms with Crippen molar-refractivity contribution in [1.82, 2.24) is 5.32 Å². The van der Waals surface area contributed by atoms with Crippen LogP contribution in [0.5, 0.6) is 0 Å². The van der Waals surface area contributed by atoms with E-state index in [1.165, 1.54) is 12.1 Å². The summed E-state index contributed by atoms with van der Waals surface area (Å²) in [7, 11) is 0. The van der Waals surface area contributed by atoms with Gasteiger partial charge >= 0.3 is 0 Å². The molecule has 2 N–H and O–H groups in total. The summed E-state index contributed by atoms with van der Waals surface area (Å²) in [4.78, 5) is 11.3. The normalized spacial score (nSPS) is 10.1. The molecule has 1 aromatic rings. The van der Waals surface area contributed by atoms with Crippen LogP contribution in [0, 0.1) is 5.82 Å². The molecule has 0 aliphatic heterocycles. The molecule has 0 spiro atoms. The van der Waals surface area contributed by atoms with Crippen molar-refractivity contribution in [3.8, 4) is 0 Å². The van der Waals surface area contributed by atoms with Crippen LogP contribution in [0.2, 0.25) is 5.02 Å². The molecule has 0 aliphatic rings. The lowest BCUT2D eigenvalue weighted by atomic mass is 10.3. The molecule has 17 heavy (non-hydrogen) atoms. The van der Waals surface area contributed by atoms with E-state index in [-0.39, 0.29) is 18.1 Å². The summed E-state index contributed by atoms with van der Waals surface area (Å²) in [6.45, 7) is 2.76. The summed E-state index contributed by atoms with van der Waals surface area (Å²) in [6.07, 6.45) is 1.97. The van der Waals surface area contributed by atoms with Crippen molar-refractivity contribution in [2.45, 2.75) is 19.8 Å². The molecule has 0 unspecified atom stereocenters. The third-order valence-corrected chi connectivity index (χ3v) is 2.46. The SMILES string of the molecule is CCCCNC(=O)CNc1ccc(Cl)cc1F. The molecule has 0 aliphatic carbocycles. The highest BCUT2D eigenvalue weighted by Crippen LogP contribution is 2.18. The second-order valence-electron chi connectivity index (χ2n) is 3.68. The van der Waals surface area contributed by atoms with E-state index < -0.39 is 5.82 Å². The van der Waals surface area contributed by atoms with Gasteiger partial charge in [0, 0.05) is 11.6 Å². The Labute approximate surface area is 105 Å². The van der Waals surface area contributed by atoms with Gasteiger partial charge in [-0.2, -0.15) is 0 Å². The standard InChI is InChI=1S/C12H16ClFN2O/c1-2-3-6-15-12(17)8-16-11-5-4-9(13)7-10(11)14/h4-5,7,16H,2-3,6,8H2,1H3,(H,15,17). The first-order valence-electron chi connectivity index (χ1n) is 5.59. The predicted octanol–water partition coefficient (Wildman–Crippen LogP) is 2.81. The van der Waals surface area contributed by atoms with Crippen LogP contribution in [0.3, 0.4) is 0 Å². The minimum absolute atomic E-state index is 0.0578. The molecule has 0 fully saturated rings. The molecule has 1 aromatic carbocycles. The fourth-order valence-corrected chi connectivity index (χ4v) is 1.43. The predicted molar refractivity (Wildman–Crippen MR) is 67.8 cm³/mol. The van der Waals surface area contributed by atoms with Crippen molar-refractivity contribution in [2.75, 3.05) is 18.4 Å². The van der Waals surface area contributed by atoms with Crippen LogP contribution in [-0.2, 0) is 4.79 Å². The van der Waals surface area contributed by atoms with Gasteiger partial charge in [0.25, 0.3) is 0 Å². The Morgan fingerprint density at radius 3 is 2.88 bits per heavy atom. The lowest BCUT2D eigenvalue weighted by Gasteiger charge is -2.08. The lowest BCUT2D eigenvalue weighted by Crippen LogP contribution is -2.30. The highest BCUT2D eigenvalue weighted by atomic mass is 35.5. The van der Waals surface area contributed by atoms with E-state index in [1.54, 1.807) is 6.07 Å². The van der Waals surface area contributed by atoms with Crippen LogP contribution in [0.15, 0.2) is 18.2 Å². The minimum Gasteiger partial charge on any atom is -0.374 e. The average Bonchev–Trinajstić information content (AvgIpc) is 2.28. The Bertz CT molecular complexity index is 385. The molecule has 3 nitrogen and oxygen atoms in total. The number of amides is 1. The number of unbranched alkanes of at least 4 members (excludes halogenated alkanes) is 1. The van der Waals surface area contributed by atoms with Crippen LogP contribution in [0.4, 0.5) is 10.1 Å². The number of anilines is 1. The van der Waals surface area contributed by atoms with Gasteiger partial charge in [-0.15, -0.1) is 0 Å². The Balaban J connectivity index is 2.37. The first kappa shape index (κ1) is 13.8. The van der Waals surface area contributed by atoms with E-state index in [4.69, 9.17) is 11.6 Å². The maximum atomic E-state index is 13.3. The van der Waals surface area contributed by atoms with Crippen LogP contribution in [0.25, 0.3) is 0 Å². The van der Waals surface area contributed by atoms with Gasteiger partial charge in [0.05, 0.1) is 12.2 Å². The number of halogens is 2.